The summed E-state index contributed by atoms with van der Waals surface area (Å²) in [6, 6.07) is 12.8. The van der Waals surface area contributed by atoms with E-state index in [9.17, 15) is 22.4 Å². The SMILES string of the molecule is COc1ccc(C(=O)N2CC(N(C)Cc3ccc(C(F)(F)F)c(F)c3)[C@@H](c3ccc(Cl)c(Cl)c3)C2)cc1OC. The van der Waals surface area contributed by atoms with Gasteiger partial charge >= 0.3 is 6.18 Å². The van der Waals surface area contributed by atoms with Gasteiger partial charge in [0.15, 0.2) is 11.5 Å². The van der Waals surface area contributed by atoms with E-state index in [1.54, 1.807) is 42.3 Å². The lowest BCUT2D eigenvalue weighted by Crippen LogP contribution is -2.38. The normalized spacial score (nSPS) is 17.5. The van der Waals surface area contributed by atoms with Crippen LogP contribution in [0.5, 0.6) is 11.5 Å². The van der Waals surface area contributed by atoms with Crippen LogP contribution in [0.4, 0.5) is 17.6 Å². The fourth-order valence-electron chi connectivity index (χ4n) is 4.91. The molecule has 3 aromatic carbocycles. The number of hydrogen-bond acceptors (Lipinski definition) is 4. The van der Waals surface area contributed by atoms with Gasteiger partial charge in [-0.25, -0.2) is 4.39 Å². The minimum Gasteiger partial charge on any atom is -0.493 e. The molecule has 1 aliphatic rings. The second-order valence-corrected chi connectivity index (χ2v) is 10.2. The number of halogens is 6. The largest absolute Gasteiger partial charge is 0.493 e. The summed E-state index contributed by atoms with van der Waals surface area (Å²) < 4.78 is 63.9. The third kappa shape index (κ3) is 6.26. The van der Waals surface area contributed by atoms with Crippen LogP contribution in [0.15, 0.2) is 54.6 Å². The molecule has 4 rings (SSSR count). The van der Waals surface area contributed by atoms with Gasteiger partial charge in [0.25, 0.3) is 5.91 Å². The summed E-state index contributed by atoms with van der Waals surface area (Å²) in [5.41, 5.74) is 0.326. The van der Waals surface area contributed by atoms with Crippen molar-refractivity contribution in [1.82, 2.24) is 9.80 Å². The zero-order valence-electron chi connectivity index (χ0n) is 21.4. The highest BCUT2D eigenvalue weighted by molar-refractivity contribution is 6.42. The maximum Gasteiger partial charge on any atom is 0.419 e. The van der Waals surface area contributed by atoms with Crippen molar-refractivity contribution in [3.8, 4) is 11.5 Å². The summed E-state index contributed by atoms with van der Waals surface area (Å²) in [5, 5.41) is 0.756. The number of ether oxygens (including phenoxy) is 2. The molecule has 2 atom stereocenters. The van der Waals surface area contributed by atoms with Crippen molar-refractivity contribution in [3.63, 3.8) is 0 Å². The number of methoxy groups -OCH3 is 2. The highest BCUT2D eigenvalue weighted by Crippen LogP contribution is 2.37. The first-order valence-electron chi connectivity index (χ1n) is 11.9. The molecule has 1 amide bonds. The van der Waals surface area contributed by atoms with Crippen molar-refractivity contribution in [3.05, 3.63) is 92.7 Å². The highest BCUT2D eigenvalue weighted by Gasteiger charge is 2.39. The fraction of sp³-hybridized carbons (Fsp3) is 0.321. The molecule has 0 saturated carbocycles. The van der Waals surface area contributed by atoms with E-state index >= 15 is 0 Å². The first-order chi connectivity index (χ1) is 18.4. The number of carbonyl (C=O) groups excluding carboxylic acids is 1. The van der Waals surface area contributed by atoms with E-state index < -0.39 is 17.6 Å². The molecule has 3 aromatic rings. The van der Waals surface area contributed by atoms with E-state index in [0.717, 1.165) is 17.7 Å². The Labute approximate surface area is 233 Å². The number of benzene rings is 3. The predicted octanol–water partition coefficient (Wildman–Crippen LogP) is 6.91. The molecule has 1 saturated heterocycles. The minimum absolute atomic E-state index is 0.163. The van der Waals surface area contributed by atoms with Crippen LogP contribution in [0.2, 0.25) is 10.0 Å². The maximum absolute atomic E-state index is 14.2. The van der Waals surface area contributed by atoms with Crippen LogP contribution in [0.3, 0.4) is 0 Å². The molecule has 1 unspecified atom stereocenters. The zero-order valence-corrected chi connectivity index (χ0v) is 22.9. The van der Waals surface area contributed by atoms with Gasteiger partial charge in [0.1, 0.15) is 5.82 Å². The standard InChI is InChI=1S/C28H26Cl2F4N2O3/c1-35(13-16-4-7-20(23(31)10-16)28(32,33)34)24-15-36(14-19(24)17-5-8-21(29)22(30)11-17)27(37)18-6-9-25(38-2)26(12-18)39-3/h4-12,19,24H,13-15H2,1-3H3/t19-,24?/m1/s1. The Hall–Kier alpha value is -3.01. The van der Waals surface area contributed by atoms with Gasteiger partial charge in [0.2, 0.25) is 0 Å². The van der Waals surface area contributed by atoms with Gasteiger partial charge in [-0.2, -0.15) is 13.2 Å². The van der Waals surface area contributed by atoms with Crippen molar-refractivity contribution < 1.29 is 31.8 Å². The number of carbonyl (C=O) groups is 1. The Bertz CT molecular complexity index is 1370. The Morgan fingerprint density at radius 2 is 1.69 bits per heavy atom. The number of hydrogen-bond donors (Lipinski definition) is 0. The number of rotatable bonds is 7. The average molecular weight is 585 g/mol. The summed E-state index contributed by atoms with van der Waals surface area (Å²) in [6.07, 6.45) is -4.77. The van der Waals surface area contributed by atoms with Crippen molar-refractivity contribution in [1.29, 1.82) is 0 Å². The fourth-order valence-corrected chi connectivity index (χ4v) is 5.22. The first kappa shape index (κ1) is 29.0. The Morgan fingerprint density at radius 1 is 0.974 bits per heavy atom. The zero-order chi connectivity index (χ0) is 28.5. The van der Waals surface area contributed by atoms with E-state index in [4.69, 9.17) is 32.7 Å². The van der Waals surface area contributed by atoms with Gasteiger partial charge in [0.05, 0.1) is 29.8 Å². The second kappa shape index (κ2) is 11.6. The molecule has 1 aliphatic heterocycles. The highest BCUT2D eigenvalue weighted by atomic mass is 35.5. The monoisotopic (exact) mass is 584 g/mol. The molecule has 11 heteroatoms. The Morgan fingerprint density at radius 3 is 2.31 bits per heavy atom. The van der Waals surface area contributed by atoms with Gasteiger partial charge in [-0.3, -0.25) is 9.69 Å². The van der Waals surface area contributed by atoms with E-state index in [1.165, 1.54) is 20.3 Å². The lowest BCUT2D eigenvalue weighted by atomic mass is 9.93. The second-order valence-electron chi connectivity index (χ2n) is 9.35. The van der Waals surface area contributed by atoms with Crippen LogP contribution in [0.1, 0.15) is 33.0 Å². The van der Waals surface area contributed by atoms with Gasteiger partial charge in [0, 0.05) is 37.2 Å². The molecule has 0 bridgehead atoms. The van der Waals surface area contributed by atoms with Crippen molar-refractivity contribution in [2.75, 3.05) is 34.4 Å². The smallest absolute Gasteiger partial charge is 0.419 e. The molecule has 0 aliphatic carbocycles. The first-order valence-corrected chi connectivity index (χ1v) is 12.7. The number of amides is 1. The molecule has 208 valence electrons. The molecule has 0 spiro atoms. The lowest BCUT2D eigenvalue weighted by molar-refractivity contribution is -0.140. The van der Waals surface area contributed by atoms with E-state index in [0.29, 0.717) is 45.8 Å². The minimum atomic E-state index is -4.77. The summed E-state index contributed by atoms with van der Waals surface area (Å²) in [6.45, 7) is 0.829. The number of likely N-dealkylation sites (N-methyl/N-ethyl adjacent to an activating group) is 1. The van der Waals surface area contributed by atoms with Crippen molar-refractivity contribution >= 4 is 29.1 Å². The summed E-state index contributed by atoms with van der Waals surface area (Å²) in [4.78, 5) is 17.1. The van der Waals surface area contributed by atoms with Crippen LogP contribution >= 0.6 is 23.2 Å². The topological polar surface area (TPSA) is 42.0 Å². The quantitative estimate of drug-likeness (QED) is 0.283. The molecule has 5 nitrogen and oxygen atoms in total. The lowest BCUT2D eigenvalue weighted by Gasteiger charge is -2.29. The van der Waals surface area contributed by atoms with Gasteiger partial charge in [-0.15, -0.1) is 0 Å². The van der Waals surface area contributed by atoms with Crippen molar-refractivity contribution in [2.24, 2.45) is 0 Å². The van der Waals surface area contributed by atoms with Crippen molar-refractivity contribution in [2.45, 2.75) is 24.7 Å². The molecule has 1 heterocycles. The van der Waals surface area contributed by atoms with Gasteiger partial charge in [-0.05, 0) is 60.6 Å². The van der Waals surface area contributed by atoms with Gasteiger partial charge < -0.3 is 14.4 Å². The number of nitrogens with zero attached hydrogens (tertiary/aromatic N) is 2. The molecule has 39 heavy (non-hydrogen) atoms. The van der Waals surface area contributed by atoms with Crippen LogP contribution in [0, 0.1) is 5.82 Å². The maximum atomic E-state index is 14.2. The Kier molecular flexibility index (Phi) is 8.63. The van der Waals surface area contributed by atoms with Crippen LogP contribution in [0.25, 0.3) is 0 Å². The molecule has 1 fully saturated rings. The summed E-state index contributed by atoms with van der Waals surface area (Å²) in [7, 11) is 4.77. The Balaban J connectivity index is 1.62. The third-order valence-electron chi connectivity index (χ3n) is 6.92. The third-order valence-corrected chi connectivity index (χ3v) is 7.65. The molecule has 0 N–H and O–H groups in total. The molecule has 0 radical (unpaired) electrons. The van der Waals surface area contributed by atoms with Crippen LogP contribution < -0.4 is 9.47 Å². The van der Waals surface area contributed by atoms with Crippen LogP contribution in [-0.2, 0) is 12.7 Å². The van der Waals surface area contributed by atoms with E-state index in [-0.39, 0.29) is 24.4 Å². The predicted molar refractivity (Wildman–Crippen MR) is 141 cm³/mol. The average Bonchev–Trinajstić information content (AvgIpc) is 3.34. The van der Waals surface area contributed by atoms with Crippen LogP contribution in [-0.4, -0.2) is 56.1 Å². The molecule has 0 aromatic heterocycles. The van der Waals surface area contributed by atoms with E-state index in [2.05, 4.69) is 0 Å². The number of alkyl halides is 3. The molecular formula is C28H26Cl2F4N2O3. The molecular weight excluding hydrogens is 559 g/mol. The number of likely N-dealkylation sites (tertiary alicyclic amines) is 1. The van der Waals surface area contributed by atoms with E-state index in [1.807, 2.05) is 11.0 Å². The summed E-state index contributed by atoms with van der Waals surface area (Å²) >= 11 is 12.4. The van der Waals surface area contributed by atoms with Gasteiger partial charge in [-0.1, -0.05) is 35.3 Å². The summed E-state index contributed by atoms with van der Waals surface area (Å²) in [5.74, 6) is -0.844.